The predicted octanol–water partition coefficient (Wildman–Crippen LogP) is 0.964. The van der Waals surface area contributed by atoms with Crippen LogP contribution in [0.4, 0.5) is 5.13 Å². The standard InChI is InChI=1S/C9H10N6OS/c1-4-6(5(2)16-14-4)3-7-11-12-9-15(7)13-8(10)17-9/h3H2,1-2H3,(H2,10,13). The Morgan fingerprint density at radius 1 is 1.35 bits per heavy atom. The lowest BCUT2D eigenvalue weighted by molar-refractivity contribution is 0.392. The van der Waals surface area contributed by atoms with E-state index in [2.05, 4.69) is 20.5 Å². The van der Waals surface area contributed by atoms with Crippen molar-refractivity contribution in [2.75, 3.05) is 5.73 Å². The van der Waals surface area contributed by atoms with Gasteiger partial charge in [-0.2, -0.15) is 4.52 Å². The molecule has 0 saturated heterocycles. The van der Waals surface area contributed by atoms with Gasteiger partial charge < -0.3 is 10.3 Å². The highest BCUT2D eigenvalue weighted by Crippen LogP contribution is 2.19. The summed E-state index contributed by atoms with van der Waals surface area (Å²) in [6.07, 6.45) is 0.589. The first-order valence-electron chi connectivity index (χ1n) is 5.03. The van der Waals surface area contributed by atoms with Gasteiger partial charge in [0.25, 0.3) is 0 Å². The smallest absolute Gasteiger partial charge is 0.236 e. The van der Waals surface area contributed by atoms with Crippen molar-refractivity contribution in [2.45, 2.75) is 20.3 Å². The molecule has 0 aliphatic carbocycles. The number of nitrogen functional groups attached to an aromatic ring is 1. The second kappa shape index (κ2) is 3.52. The summed E-state index contributed by atoms with van der Waals surface area (Å²) >= 11 is 1.31. The number of nitrogens with two attached hydrogens (primary N) is 1. The molecule has 0 saturated carbocycles. The van der Waals surface area contributed by atoms with E-state index < -0.39 is 0 Å². The maximum atomic E-state index is 5.63. The van der Waals surface area contributed by atoms with Gasteiger partial charge in [-0.25, -0.2) is 0 Å². The summed E-state index contributed by atoms with van der Waals surface area (Å²) in [4.78, 5) is 0.698. The van der Waals surface area contributed by atoms with Crippen LogP contribution in [0.25, 0.3) is 4.96 Å². The number of hydrogen-bond donors (Lipinski definition) is 1. The fraction of sp³-hybridized carbons (Fsp3) is 0.333. The molecule has 3 rings (SSSR count). The maximum absolute atomic E-state index is 5.63. The molecule has 0 unspecified atom stereocenters. The topological polar surface area (TPSA) is 95.1 Å². The van der Waals surface area contributed by atoms with E-state index in [4.69, 9.17) is 10.3 Å². The molecule has 0 aromatic carbocycles. The van der Waals surface area contributed by atoms with Crippen LogP contribution in [0.5, 0.6) is 0 Å². The summed E-state index contributed by atoms with van der Waals surface area (Å²) in [5.41, 5.74) is 7.51. The molecule has 0 bridgehead atoms. The van der Waals surface area contributed by atoms with Crippen LogP contribution in [0.1, 0.15) is 22.8 Å². The van der Waals surface area contributed by atoms with Crippen LogP contribution in [0.15, 0.2) is 4.52 Å². The Balaban J connectivity index is 2.05. The fourth-order valence-electron chi connectivity index (χ4n) is 1.69. The van der Waals surface area contributed by atoms with Crippen molar-refractivity contribution in [2.24, 2.45) is 0 Å². The average Bonchev–Trinajstić information content (AvgIpc) is 2.90. The van der Waals surface area contributed by atoms with E-state index in [0.29, 0.717) is 16.5 Å². The molecule has 0 radical (unpaired) electrons. The van der Waals surface area contributed by atoms with Gasteiger partial charge in [-0.3, -0.25) is 0 Å². The van der Waals surface area contributed by atoms with Crippen LogP contribution < -0.4 is 5.73 Å². The number of hydrogen-bond acceptors (Lipinski definition) is 7. The number of anilines is 1. The molecule has 0 atom stereocenters. The number of nitrogens with zero attached hydrogens (tertiary/aromatic N) is 5. The van der Waals surface area contributed by atoms with E-state index in [1.807, 2.05) is 13.8 Å². The van der Waals surface area contributed by atoms with Crippen LogP contribution in [0, 0.1) is 13.8 Å². The van der Waals surface area contributed by atoms with Crippen molar-refractivity contribution in [3.63, 3.8) is 0 Å². The van der Waals surface area contributed by atoms with Crippen molar-refractivity contribution in [3.05, 3.63) is 22.8 Å². The molecule has 8 heteroatoms. The third-order valence-corrected chi connectivity index (χ3v) is 3.32. The molecule has 17 heavy (non-hydrogen) atoms. The van der Waals surface area contributed by atoms with Gasteiger partial charge in [0.05, 0.1) is 5.69 Å². The van der Waals surface area contributed by atoms with Crippen molar-refractivity contribution < 1.29 is 4.52 Å². The second-order valence-corrected chi connectivity index (χ2v) is 4.72. The molecule has 0 fully saturated rings. The highest BCUT2D eigenvalue weighted by Gasteiger charge is 2.15. The number of aryl methyl sites for hydroxylation is 2. The summed E-state index contributed by atoms with van der Waals surface area (Å²) in [6, 6.07) is 0. The first-order valence-corrected chi connectivity index (χ1v) is 5.85. The SMILES string of the molecule is Cc1noc(C)c1Cc1nnc2sc(N)nn12. The van der Waals surface area contributed by atoms with Gasteiger partial charge in [0.2, 0.25) is 10.1 Å². The third kappa shape index (κ3) is 1.57. The minimum atomic E-state index is 0.481. The van der Waals surface area contributed by atoms with E-state index in [1.165, 1.54) is 11.3 Å². The van der Waals surface area contributed by atoms with E-state index >= 15 is 0 Å². The zero-order chi connectivity index (χ0) is 12.0. The van der Waals surface area contributed by atoms with Gasteiger partial charge >= 0.3 is 0 Å². The molecule has 88 valence electrons. The predicted molar refractivity (Wildman–Crippen MR) is 61.9 cm³/mol. The minimum absolute atomic E-state index is 0.481. The molecule has 2 N–H and O–H groups in total. The molecule has 3 aromatic heterocycles. The van der Waals surface area contributed by atoms with Gasteiger partial charge in [-0.1, -0.05) is 16.5 Å². The van der Waals surface area contributed by atoms with Crippen LogP contribution in [-0.2, 0) is 6.42 Å². The summed E-state index contributed by atoms with van der Waals surface area (Å²) in [5, 5.41) is 16.6. The first-order chi connectivity index (χ1) is 8.15. The monoisotopic (exact) mass is 250 g/mol. The number of aromatic nitrogens is 5. The molecular weight excluding hydrogens is 240 g/mol. The molecule has 3 heterocycles. The quantitative estimate of drug-likeness (QED) is 0.728. The Bertz CT molecular complexity index is 661. The van der Waals surface area contributed by atoms with Crippen molar-refractivity contribution in [1.82, 2.24) is 25.0 Å². The van der Waals surface area contributed by atoms with Crippen LogP contribution in [0.3, 0.4) is 0 Å². The molecule has 0 aliphatic heterocycles. The fourth-order valence-corrected chi connectivity index (χ4v) is 2.32. The van der Waals surface area contributed by atoms with E-state index in [9.17, 15) is 0 Å². The van der Waals surface area contributed by atoms with Crippen molar-refractivity contribution in [3.8, 4) is 0 Å². The Labute approximate surface area is 100 Å². The zero-order valence-corrected chi connectivity index (χ0v) is 10.2. The normalized spacial score (nSPS) is 11.4. The lowest BCUT2D eigenvalue weighted by Gasteiger charge is -1.96. The van der Waals surface area contributed by atoms with Crippen molar-refractivity contribution >= 4 is 21.4 Å². The van der Waals surface area contributed by atoms with Crippen LogP contribution >= 0.6 is 11.3 Å². The molecule has 7 nitrogen and oxygen atoms in total. The second-order valence-electron chi connectivity index (χ2n) is 3.73. The van der Waals surface area contributed by atoms with Gasteiger partial charge in [0.1, 0.15) is 5.76 Å². The third-order valence-electron chi connectivity index (χ3n) is 2.59. The zero-order valence-electron chi connectivity index (χ0n) is 9.34. The Hall–Kier alpha value is -1.96. The van der Waals surface area contributed by atoms with Crippen LogP contribution in [0.2, 0.25) is 0 Å². The van der Waals surface area contributed by atoms with E-state index in [0.717, 1.165) is 22.8 Å². The van der Waals surface area contributed by atoms with Crippen LogP contribution in [-0.4, -0.2) is 25.0 Å². The molecule has 0 amide bonds. The maximum Gasteiger partial charge on any atom is 0.236 e. The number of rotatable bonds is 2. The summed E-state index contributed by atoms with van der Waals surface area (Å²) < 4.78 is 6.77. The molecule has 0 aliphatic rings. The lowest BCUT2D eigenvalue weighted by atomic mass is 10.1. The van der Waals surface area contributed by atoms with Crippen molar-refractivity contribution in [1.29, 1.82) is 0 Å². The van der Waals surface area contributed by atoms with E-state index in [-0.39, 0.29) is 0 Å². The molecule has 3 aromatic rings. The Morgan fingerprint density at radius 3 is 2.88 bits per heavy atom. The highest BCUT2D eigenvalue weighted by molar-refractivity contribution is 7.20. The summed E-state index contributed by atoms with van der Waals surface area (Å²) in [7, 11) is 0. The highest BCUT2D eigenvalue weighted by atomic mass is 32.1. The molecular formula is C9H10N6OS. The molecule has 0 spiro atoms. The Kier molecular flexibility index (Phi) is 2.11. The first kappa shape index (κ1) is 10.2. The summed E-state index contributed by atoms with van der Waals surface area (Å²) in [6.45, 7) is 3.78. The van der Waals surface area contributed by atoms with E-state index in [1.54, 1.807) is 4.52 Å². The van der Waals surface area contributed by atoms with Gasteiger partial charge in [0.15, 0.2) is 5.82 Å². The number of fused-ring (bicyclic) bond motifs is 1. The summed E-state index contributed by atoms with van der Waals surface area (Å²) in [5.74, 6) is 1.53. The van der Waals surface area contributed by atoms with Gasteiger partial charge in [0, 0.05) is 12.0 Å². The lowest BCUT2D eigenvalue weighted by Crippen LogP contribution is -1.99. The largest absolute Gasteiger partial charge is 0.374 e. The van der Waals surface area contributed by atoms with Gasteiger partial charge in [-0.05, 0) is 13.8 Å². The minimum Gasteiger partial charge on any atom is -0.374 e. The Morgan fingerprint density at radius 2 is 2.18 bits per heavy atom. The average molecular weight is 250 g/mol. The van der Waals surface area contributed by atoms with Gasteiger partial charge in [-0.15, -0.1) is 15.3 Å².